The first kappa shape index (κ1) is 19.0. The van der Waals surface area contributed by atoms with Gasteiger partial charge in [0, 0.05) is 43.2 Å². The minimum absolute atomic E-state index is 0.0121. The lowest BCUT2D eigenvalue weighted by molar-refractivity contribution is -0.130. The number of piperidine rings is 1. The van der Waals surface area contributed by atoms with Crippen molar-refractivity contribution in [2.45, 2.75) is 83.3 Å². The van der Waals surface area contributed by atoms with Gasteiger partial charge in [0.1, 0.15) is 0 Å². The molecule has 2 aliphatic heterocycles. The average molecular weight is 338 g/mol. The third-order valence-corrected chi connectivity index (χ3v) is 4.86. The topological polar surface area (TPSA) is 73.5 Å². The molecule has 3 amide bonds. The minimum atomic E-state index is -0.129. The van der Waals surface area contributed by atoms with E-state index in [1.807, 2.05) is 4.90 Å². The molecule has 3 N–H and O–H groups in total. The Bertz CT molecular complexity index is 446. The van der Waals surface area contributed by atoms with Crippen LogP contribution in [-0.4, -0.2) is 53.6 Å². The van der Waals surface area contributed by atoms with Crippen LogP contribution in [0, 0.1) is 0 Å². The van der Waals surface area contributed by atoms with E-state index in [9.17, 15) is 9.59 Å². The summed E-state index contributed by atoms with van der Waals surface area (Å²) in [5.74, 6) is 0.219. The van der Waals surface area contributed by atoms with Crippen LogP contribution in [0.5, 0.6) is 0 Å². The number of carbonyl (C=O) groups excluding carboxylic acids is 2. The molecular formula is C18H34N4O2. The number of hydrogen-bond acceptors (Lipinski definition) is 3. The molecule has 0 aromatic heterocycles. The molecule has 0 bridgehead atoms. The number of nitrogens with zero attached hydrogens (tertiary/aromatic N) is 1. The van der Waals surface area contributed by atoms with Crippen LogP contribution in [0.25, 0.3) is 0 Å². The first-order valence-electron chi connectivity index (χ1n) is 9.28. The Morgan fingerprint density at radius 3 is 2.50 bits per heavy atom. The van der Waals surface area contributed by atoms with E-state index in [0.717, 1.165) is 38.6 Å². The molecule has 0 aliphatic carbocycles. The van der Waals surface area contributed by atoms with Gasteiger partial charge in [0.25, 0.3) is 0 Å². The molecule has 0 radical (unpaired) electrons. The summed E-state index contributed by atoms with van der Waals surface area (Å²) in [5, 5.41) is 9.62. The molecule has 6 heteroatoms. The van der Waals surface area contributed by atoms with Gasteiger partial charge in [-0.15, -0.1) is 0 Å². The van der Waals surface area contributed by atoms with E-state index in [2.05, 4.69) is 43.6 Å². The fourth-order valence-corrected chi connectivity index (χ4v) is 4.24. The fourth-order valence-electron chi connectivity index (χ4n) is 4.24. The molecule has 0 saturated carbocycles. The van der Waals surface area contributed by atoms with Crippen molar-refractivity contribution in [3.8, 4) is 0 Å². The second-order valence-electron chi connectivity index (χ2n) is 8.59. The molecule has 2 rings (SSSR count). The molecule has 6 nitrogen and oxygen atoms in total. The van der Waals surface area contributed by atoms with Crippen LogP contribution in [0.4, 0.5) is 4.79 Å². The van der Waals surface area contributed by atoms with Crippen LogP contribution in [0.2, 0.25) is 0 Å². The first-order valence-corrected chi connectivity index (χ1v) is 9.28. The minimum Gasteiger partial charge on any atom is -0.341 e. The Hall–Kier alpha value is -1.30. The predicted octanol–water partition coefficient (Wildman–Crippen LogP) is 2.00. The highest BCUT2D eigenvalue weighted by Crippen LogP contribution is 2.28. The van der Waals surface area contributed by atoms with Gasteiger partial charge < -0.3 is 20.9 Å². The zero-order chi connectivity index (χ0) is 17.8. The number of urea groups is 1. The summed E-state index contributed by atoms with van der Waals surface area (Å²) in [6, 6.07) is 0.0341. The molecule has 0 aromatic carbocycles. The van der Waals surface area contributed by atoms with Gasteiger partial charge in [-0.1, -0.05) is 6.42 Å². The Labute approximate surface area is 146 Å². The number of rotatable bonds is 4. The molecule has 0 spiro atoms. The lowest BCUT2D eigenvalue weighted by atomic mass is 9.80. The van der Waals surface area contributed by atoms with Gasteiger partial charge in [-0.2, -0.15) is 0 Å². The molecular weight excluding hydrogens is 304 g/mol. The van der Waals surface area contributed by atoms with Gasteiger partial charge in [-0.25, -0.2) is 4.79 Å². The third kappa shape index (κ3) is 5.96. The largest absolute Gasteiger partial charge is 0.341 e. The molecule has 138 valence electrons. The van der Waals surface area contributed by atoms with Gasteiger partial charge >= 0.3 is 6.03 Å². The standard InChI is InChI=1S/C18H34N4O2/c1-17(2)12-14(13-18(3,4)21-17)20-16(24)19-9-11-22-10-7-5-6-8-15(22)23/h14,21H,5-13H2,1-4H3,(H2,19,20,24). The van der Waals surface area contributed by atoms with Crippen molar-refractivity contribution in [3.63, 3.8) is 0 Å². The predicted molar refractivity (Wildman–Crippen MR) is 95.9 cm³/mol. The van der Waals surface area contributed by atoms with Gasteiger partial charge in [-0.05, 0) is 53.4 Å². The maximum atomic E-state index is 12.2. The summed E-state index contributed by atoms with van der Waals surface area (Å²) in [7, 11) is 0. The van der Waals surface area contributed by atoms with E-state index >= 15 is 0 Å². The molecule has 2 aliphatic rings. The molecule has 2 saturated heterocycles. The van der Waals surface area contributed by atoms with Crippen LogP contribution in [-0.2, 0) is 4.79 Å². The SMILES string of the molecule is CC1(C)CC(NC(=O)NCCN2CCCCCC2=O)CC(C)(C)N1. The second kappa shape index (κ2) is 7.72. The lowest BCUT2D eigenvalue weighted by Crippen LogP contribution is -2.62. The first-order chi connectivity index (χ1) is 11.2. The highest BCUT2D eigenvalue weighted by molar-refractivity contribution is 5.77. The second-order valence-corrected chi connectivity index (χ2v) is 8.59. The number of carbonyl (C=O) groups is 2. The summed E-state index contributed by atoms with van der Waals surface area (Å²) < 4.78 is 0. The summed E-state index contributed by atoms with van der Waals surface area (Å²) >= 11 is 0. The van der Waals surface area contributed by atoms with Crippen LogP contribution in [0.15, 0.2) is 0 Å². The van der Waals surface area contributed by atoms with Crippen molar-refractivity contribution in [1.82, 2.24) is 20.9 Å². The summed E-state index contributed by atoms with van der Waals surface area (Å²) in [4.78, 5) is 26.0. The smallest absolute Gasteiger partial charge is 0.315 e. The molecule has 24 heavy (non-hydrogen) atoms. The lowest BCUT2D eigenvalue weighted by Gasteiger charge is -2.46. The summed E-state index contributed by atoms with van der Waals surface area (Å²) in [6.45, 7) is 10.6. The summed E-state index contributed by atoms with van der Waals surface area (Å²) in [5.41, 5.74) is 0.0241. The highest BCUT2D eigenvalue weighted by atomic mass is 16.2. The Morgan fingerprint density at radius 1 is 1.17 bits per heavy atom. The Morgan fingerprint density at radius 2 is 1.83 bits per heavy atom. The average Bonchev–Trinajstić information content (AvgIpc) is 2.60. The van der Waals surface area contributed by atoms with E-state index < -0.39 is 0 Å². The van der Waals surface area contributed by atoms with E-state index in [4.69, 9.17) is 0 Å². The Balaban J connectivity index is 1.74. The quantitative estimate of drug-likeness (QED) is 0.734. The van der Waals surface area contributed by atoms with Crippen LogP contribution in [0.1, 0.15) is 66.2 Å². The monoisotopic (exact) mass is 338 g/mol. The van der Waals surface area contributed by atoms with Gasteiger partial charge in [0.15, 0.2) is 0 Å². The maximum absolute atomic E-state index is 12.2. The van der Waals surface area contributed by atoms with Crippen molar-refractivity contribution in [3.05, 3.63) is 0 Å². The molecule has 0 unspecified atom stereocenters. The van der Waals surface area contributed by atoms with E-state index in [-0.39, 0.29) is 29.1 Å². The fraction of sp³-hybridized carbons (Fsp3) is 0.889. The van der Waals surface area contributed by atoms with Gasteiger partial charge in [0.2, 0.25) is 5.91 Å². The van der Waals surface area contributed by atoms with Gasteiger partial charge in [-0.3, -0.25) is 4.79 Å². The third-order valence-electron chi connectivity index (χ3n) is 4.86. The van der Waals surface area contributed by atoms with Crippen molar-refractivity contribution in [2.24, 2.45) is 0 Å². The zero-order valence-corrected chi connectivity index (χ0v) is 15.7. The van der Waals surface area contributed by atoms with E-state index in [1.54, 1.807) is 0 Å². The van der Waals surface area contributed by atoms with Crippen molar-refractivity contribution < 1.29 is 9.59 Å². The van der Waals surface area contributed by atoms with E-state index in [0.29, 0.717) is 19.5 Å². The molecule has 2 fully saturated rings. The van der Waals surface area contributed by atoms with Crippen LogP contribution in [0.3, 0.4) is 0 Å². The van der Waals surface area contributed by atoms with Crippen molar-refractivity contribution in [1.29, 1.82) is 0 Å². The normalized spacial score (nSPS) is 24.3. The number of amides is 3. The highest BCUT2D eigenvalue weighted by Gasteiger charge is 2.38. The number of hydrogen-bond donors (Lipinski definition) is 3. The molecule has 0 atom stereocenters. The van der Waals surface area contributed by atoms with Crippen molar-refractivity contribution in [2.75, 3.05) is 19.6 Å². The number of nitrogens with one attached hydrogen (secondary N) is 3. The van der Waals surface area contributed by atoms with E-state index in [1.165, 1.54) is 0 Å². The van der Waals surface area contributed by atoms with Crippen LogP contribution >= 0.6 is 0 Å². The van der Waals surface area contributed by atoms with Crippen LogP contribution < -0.4 is 16.0 Å². The number of likely N-dealkylation sites (tertiary alicyclic amines) is 1. The Kier molecular flexibility index (Phi) is 6.12. The molecule has 0 aromatic rings. The maximum Gasteiger partial charge on any atom is 0.315 e. The van der Waals surface area contributed by atoms with Crippen molar-refractivity contribution >= 4 is 11.9 Å². The summed E-state index contributed by atoms with van der Waals surface area (Å²) in [6.07, 6.45) is 5.65. The molecule has 2 heterocycles. The zero-order valence-electron chi connectivity index (χ0n) is 15.7. The van der Waals surface area contributed by atoms with Gasteiger partial charge in [0.05, 0.1) is 0 Å².